The molecule has 1 aromatic rings. The van der Waals surface area contributed by atoms with Gasteiger partial charge in [-0.05, 0) is 41.5 Å². The Morgan fingerprint density at radius 3 is 2.65 bits per heavy atom. The van der Waals surface area contributed by atoms with Crippen LogP contribution in [0, 0.1) is 5.92 Å². The first-order chi connectivity index (χ1) is 8.34. The maximum atomic E-state index is 12.4. The largest absolute Gasteiger partial charge is 0.289 e. The van der Waals surface area contributed by atoms with Crippen molar-refractivity contribution in [2.24, 2.45) is 5.92 Å². The van der Waals surface area contributed by atoms with Gasteiger partial charge in [0, 0.05) is 11.1 Å². The molecule has 3 aliphatic carbocycles. The predicted octanol–water partition coefficient (Wildman–Crippen LogP) is 3.39. The summed E-state index contributed by atoms with van der Waals surface area (Å²) in [7, 11) is 0. The Kier molecular flexibility index (Phi) is 1.66. The lowest BCUT2D eigenvalue weighted by molar-refractivity contribution is -0.112. The van der Waals surface area contributed by atoms with Gasteiger partial charge in [-0.1, -0.05) is 36.4 Å². The third kappa shape index (κ3) is 1.22. The molecular formula is C16H12O. The molecule has 17 heavy (non-hydrogen) atoms. The van der Waals surface area contributed by atoms with Crippen LogP contribution in [0.1, 0.15) is 24.0 Å². The van der Waals surface area contributed by atoms with Crippen molar-refractivity contribution in [2.45, 2.75) is 12.8 Å². The van der Waals surface area contributed by atoms with Crippen LogP contribution in [0.2, 0.25) is 0 Å². The average Bonchev–Trinajstić information content (AvgIpc) is 3.11. The number of hydrogen-bond donors (Lipinski definition) is 0. The van der Waals surface area contributed by atoms with Crippen molar-refractivity contribution < 1.29 is 4.79 Å². The lowest BCUT2D eigenvalue weighted by Gasteiger charge is -2.13. The summed E-state index contributed by atoms with van der Waals surface area (Å²) in [5.41, 5.74) is 5.40. The molecule has 0 aromatic heterocycles. The van der Waals surface area contributed by atoms with Gasteiger partial charge in [0.2, 0.25) is 0 Å². The van der Waals surface area contributed by atoms with Gasteiger partial charge in [-0.25, -0.2) is 0 Å². The van der Waals surface area contributed by atoms with E-state index < -0.39 is 0 Å². The highest BCUT2D eigenvalue weighted by atomic mass is 16.1. The molecule has 1 fully saturated rings. The summed E-state index contributed by atoms with van der Waals surface area (Å²) in [5, 5.41) is 0. The average molecular weight is 220 g/mol. The zero-order chi connectivity index (χ0) is 11.4. The monoisotopic (exact) mass is 220 g/mol. The summed E-state index contributed by atoms with van der Waals surface area (Å²) >= 11 is 0. The van der Waals surface area contributed by atoms with Gasteiger partial charge in [-0.3, -0.25) is 4.79 Å². The van der Waals surface area contributed by atoms with E-state index >= 15 is 0 Å². The summed E-state index contributed by atoms with van der Waals surface area (Å²) in [6.07, 6.45) is 8.56. The van der Waals surface area contributed by atoms with E-state index in [1.165, 1.54) is 24.0 Å². The van der Waals surface area contributed by atoms with E-state index in [1.54, 1.807) is 0 Å². The Morgan fingerprint density at radius 1 is 1.00 bits per heavy atom. The van der Waals surface area contributed by atoms with Gasteiger partial charge < -0.3 is 0 Å². The number of allylic oxidation sites excluding steroid dienone is 5. The van der Waals surface area contributed by atoms with Crippen LogP contribution in [0.5, 0.6) is 0 Å². The molecule has 0 heterocycles. The Morgan fingerprint density at radius 2 is 1.82 bits per heavy atom. The van der Waals surface area contributed by atoms with E-state index in [0.717, 1.165) is 16.7 Å². The van der Waals surface area contributed by atoms with Crippen molar-refractivity contribution in [2.75, 3.05) is 0 Å². The zero-order valence-electron chi connectivity index (χ0n) is 9.44. The second-order valence-corrected chi connectivity index (χ2v) is 4.95. The number of benzene rings is 1. The maximum absolute atomic E-state index is 12.4. The summed E-state index contributed by atoms with van der Waals surface area (Å²) in [6, 6.07) is 8.22. The van der Waals surface area contributed by atoms with Crippen LogP contribution in [0.25, 0.3) is 11.6 Å². The second kappa shape index (κ2) is 3.07. The highest BCUT2D eigenvalue weighted by molar-refractivity contribution is 6.26. The van der Waals surface area contributed by atoms with E-state index in [-0.39, 0.29) is 5.78 Å². The Balaban J connectivity index is 1.88. The number of fused-ring (bicyclic) bond motifs is 3. The first kappa shape index (κ1) is 9.17. The smallest absolute Gasteiger partial charge is 0.189 e. The number of carbonyl (C=O) groups is 1. The number of hydrogen-bond acceptors (Lipinski definition) is 1. The van der Waals surface area contributed by atoms with E-state index in [9.17, 15) is 4.79 Å². The molecule has 0 atom stereocenters. The molecule has 0 radical (unpaired) electrons. The van der Waals surface area contributed by atoms with E-state index in [4.69, 9.17) is 0 Å². The van der Waals surface area contributed by atoms with Crippen LogP contribution in [0.3, 0.4) is 0 Å². The van der Waals surface area contributed by atoms with Crippen molar-refractivity contribution >= 4 is 17.4 Å². The molecule has 0 spiro atoms. The molecule has 1 nitrogen and oxygen atoms in total. The lowest BCUT2D eigenvalue weighted by Crippen LogP contribution is -2.10. The molecule has 4 rings (SSSR count). The number of carbonyl (C=O) groups excluding carboxylic acids is 1. The van der Waals surface area contributed by atoms with Gasteiger partial charge in [0.25, 0.3) is 0 Å². The molecule has 0 bridgehead atoms. The van der Waals surface area contributed by atoms with Crippen molar-refractivity contribution in [1.82, 2.24) is 0 Å². The highest BCUT2D eigenvalue weighted by Crippen LogP contribution is 2.45. The number of ketones is 1. The van der Waals surface area contributed by atoms with Crippen LogP contribution >= 0.6 is 0 Å². The standard InChI is InChI=1S/C16H12O/c17-16-13(10-5-6-10)7-8-14-12-4-2-1-3-11(12)9-15(14)16/h1-4,7-10H,5-6H2. The topological polar surface area (TPSA) is 17.1 Å². The fourth-order valence-corrected chi connectivity index (χ4v) is 2.73. The SMILES string of the molecule is O=C1C2=Cc3ccccc3C2=CC=C1C1CC1. The summed E-state index contributed by atoms with van der Waals surface area (Å²) in [4.78, 5) is 12.4. The Hall–Kier alpha value is -1.89. The molecule has 0 N–H and O–H groups in total. The number of rotatable bonds is 1. The maximum Gasteiger partial charge on any atom is 0.189 e. The molecule has 1 saturated carbocycles. The van der Waals surface area contributed by atoms with E-state index in [2.05, 4.69) is 18.2 Å². The third-order valence-electron chi connectivity index (χ3n) is 3.79. The molecule has 1 aromatic carbocycles. The molecule has 82 valence electrons. The number of Topliss-reactive ketones (excluding diaryl/α,β-unsaturated/α-hetero) is 1. The van der Waals surface area contributed by atoms with Crippen LogP contribution in [-0.4, -0.2) is 5.78 Å². The van der Waals surface area contributed by atoms with Gasteiger partial charge in [0.15, 0.2) is 5.78 Å². The van der Waals surface area contributed by atoms with Gasteiger partial charge >= 0.3 is 0 Å². The molecule has 3 aliphatic rings. The first-order valence-electron chi connectivity index (χ1n) is 6.12. The fourth-order valence-electron chi connectivity index (χ4n) is 2.73. The molecular weight excluding hydrogens is 208 g/mol. The minimum absolute atomic E-state index is 0.251. The molecule has 0 unspecified atom stereocenters. The second-order valence-electron chi connectivity index (χ2n) is 4.95. The third-order valence-corrected chi connectivity index (χ3v) is 3.79. The van der Waals surface area contributed by atoms with Crippen molar-refractivity contribution in [3.63, 3.8) is 0 Å². The van der Waals surface area contributed by atoms with Crippen molar-refractivity contribution in [3.8, 4) is 0 Å². The Labute approximate surface area is 100 Å². The summed E-state index contributed by atoms with van der Waals surface area (Å²) < 4.78 is 0. The van der Waals surface area contributed by atoms with Crippen LogP contribution in [0.4, 0.5) is 0 Å². The quantitative estimate of drug-likeness (QED) is 0.709. The minimum Gasteiger partial charge on any atom is -0.289 e. The van der Waals surface area contributed by atoms with Crippen LogP contribution in [-0.2, 0) is 4.79 Å². The van der Waals surface area contributed by atoms with Gasteiger partial charge in [-0.15, -0.1) is 0 Å². The Bertz CT molecular complexity index is 625. The van der Waals surface area contributed by atoms with E-state index in [1.807, 2.05) is 24.3 Å². The zero-order valence-corrected chi connectivity index (χ0v) is 9.44. The predicted molar refractivity (Wildman–Crippen MR) is 68.2 cm³/mol. The van der Waals surface area contributed by atoms with Gasteiger partial charge in [0.1, 0.15) is 0 Å². The van der Waals surface area contributed by atoms with Crippen LogP contribution < -0.4 is 0 Å². The fraction of sp³-hybridized carbons (Fsp3) is 0.188. The normalized spacial score (nSPS) is 21.4. The summed E-state index contributed by atoms with van der Waals surface area (Å²) in [5.74, 6) is 0.783. The van der Waals surface area contributed by atoms with Gasteiger partial charge in [0.05, 0.1) is 0 Å². The first-order valence-corrected chi connectivity index (χ1v) is 6.12. The van der Waals surface area contributed by atoms with E-state index in [0.29, 0.717) is 5.92 Å². The molecule has 0 aliphatic heterocycles. The summed E-state index contributed by atoms with van der Waals surface area (Å²) in [6.45, 7) is 0. The molecule has 0 amide bonds. The lowest BCUT2D eigenvalue weighted by atomic mass is 9.89. The van der Waals surface area contributed by atoms with Crippen molar-refractivity contribution in [1.29, 1.82) is 0 Å². The van der Waals surface area contributed by atoms with Gasteiger partial charge in [-0.2, -0.15) is 0 Å². The highest BCUT2D eigenvalue weighted by Gasteiger charge is 2.35. The molecule has 0 saturated heterocycles. The van der Waals surface area contributed by atoms with Crippen LogP contribution in [0.15, 0.2) is 47.6 Å². The minimum atomic E-state index is 0.251. The molecule has 1 heteroatoms. The van der Waals surface area contributed by atoms with Crippen molar-refractivity contribution in [3.05, 3.63) is 58.7 Å².